The first kappa shape index (κ1) is 18.2. The van der Waals surface area contributed by atoms with Gasteiger partial charge in [0.1, 0.15) is 17.3 Å². The maximum Gasteiger partial charge on any atom is 0.376 e. The Morgan fingerprint density at radius 1 is 1.19 bits per heavy atom. The fraction of sp³-hybridized carbons (Fsp3) is 0.100. The highest BCUT2D eigenvalue weighted by Gasteiger charge is 2.18. The number of halogens is 1. The lowest BCUT2D eigenvalue weighted by Crippen LogP contribution is -2.09. The van der Waals surface area contributed by atoms with Gasteiger partial charge in [-0.3, -0.25) is 4.79 Å². The number of aromatic nitrogens is 1. The number of aliphatic carboxylic acids is 1. The summed E-state index contributed by atoms with van der Waals surface area (Å²) in [6.07, 6.45) is 2.22. The lowest BCUT2D eigenvalue weighted by atomic mass is 10.1. The van der Waals surface area contributed by atoms with Crippen molar-refractivity contribution in [3.8, 4) is 5.75 Å². The fourth-order valence-electron chi connectivity index (χ4n) is 2.91. The van der Waals surface area contributed by atoms with Gasteiger partial charge < -0.3 is 19.5 Å². The molecule has 2 aromatic carbocycles. The molecule has 0 aliphatic rings. The molecular formula is C20H16FNO5. The number of benzene rings is 2. The number of hydrogen-bond donors (Lipinski definition) is 2. The van der Waals surface area contributed by atoms with Gasteiger partial charge >= 0.3 is 5.97 Å². The van der Waals surface area contributed by atoms with Crippen LogP contribution < -0.4 is 4.74 Å². The van der Waals surface area contributed by atoms with E-state index in [1.54, 1.807) is 41.1 Å². The van der Waals surface area contributed by atoms with Crippen LogP contribution >= 0.6 is 0 Å². The van der Waals surface area contributed by atoms with Gasteiger partial charge in [0.15, 0.2) is 0 Å². The van der Waals surface area contributed by atoms with E-state index in [4.69, 9.17) is 9.84 Å². The van der Waals surface area contributed by atoms with Gasteiger partial charge in [0.25, 0.3) is 5.78 Å². The van der Waals surface area contributed by atoms with Gasteiger partial charge in [-0.05, 0) is 29.8 Å². The Morgan fingerprint density at radius 3 is 2.59 bits per heavy atom. The summed E-state index contributed by atoms with van der Waals surface area (Å²) in [7, 11) is 1.46. The zero-order valence-electron chi connectivity index (χ0n) is 14.3. The highest BCUT2D eigenvalue weighted by molar-refractivity contribution is 6.38. The van der Waals surface area contributed by atoms with Gasteiger partial charge in [-0.25, -0.2) is 9.18 Å². The van der Waals surface area contributed by atoms with Crippen LogP contribution in [-0.4, -0.2) is 33.6 Å². The second-order valence-electron chi connectivity index (χ2n) is 5.85. The number of ketones is 1. The summed E-state index contributed by atoms with van der Waals surface area (Å²) in [5.41, 5.74) is 1.62. The molecule has 3 aromatic rings. The van der Waals surface area contributed by atoms with Crippen LogP contribution in [-0.2, 0) is 16.1 Å². The highest BCUT2D eigenvalue weighted by Crippen LogP contribution is 2.34. The van der Waals surface area contributed by atoms with Gasteiger partial charge in [0, 0.05) is 24.4 Å². The lowest BCUT2D eigenvalue weighted by molar-refractivity contribution is -0.146. The van der Waals surface area contributed by atoms with E-state index in [1.807, 2.05) is 0 Å². The quantitative estimate of drug-likeness (QED) is 0.395. The van der Waals surface area contributed by atoms with E-state index < -0.39 is 17.5 Å². The number of carbonyl (C=O) groups is 2. The summed E-state index contributed by atoms with van der Waals surface area (Å²) in [5, 5.41) is 19.6. The molecule has 7 heteroatoms. The number of methoxy groups -OCH3 is 1. The average Bonchev–Trinajstić information content (AvgIpc) is 3.00. The van der Waals surface area contributed by atoms with Gasteiger partial charge in [-0.15, -0.1) is 0 Å². The molecular weight excluding hydrogens is 353 g/mol. The molecule has 0 saturated heterocycles. The molecule has 1 aromatic heterocycles. The molecule has 0 fully saturated rings. The van der Waals surface area contributed by atoms with Crippen molar-refractivity contribution in [2.75, 3.05) is 7.11 Å². The number of carbonyl (C=O) groups excluding carboxylic acids is 1. The molecule has 0 aliphatic carbocycles. The van der Waals surface area contributed by atoms with Crippen LogP contribution in [0.5, 0.6) is 5.75 Å². The van der Waals surface area contributed by atoms with Crippen LogP contribution in [0.3, 0.4) is 0 Å². The Kier molecular flexibility index (Phi) is 4.94. The molecule has 6 nitrogen and oxygen atoms in total. The summed E-state index contributed by atoms with van der Waals surface area (Å²) in [4.78, 5) is 22.2. The Balaban J connectivity index is 2.16. The predicted molar refractivity (Wildman–Crippen MR) is 97.2 cm³/mol. The third-order valence-corrected chi connectivity index (χ3v) is 4.08. The van der Waals surface area contributed by atoms with Gasteiger partial charge in [0.2, 0.25) is 0 Å². The van der Waals surface area contributed by atoms with Crippen LogP contribution in [0.4, 0.5) is 4.39 Å². The van der Waals surface area contributed by atoms with Crippen molar-refractivity contribution in [1.29, 1.82) is 0 Å². The lowest BCUT2D eigenvalue weighted by Gasteiger charge is -2.07. The second-order valence-corrected chi connectivity index (χ2v) is 5.85. The Bertz CT molecular complexity index is 1070. The molecule has 0 saturated carbocycles. The predicted octanol–water partition coefficient (Wildman–Crippen LogP) is 3.39. The van der Waals surface area contributed by atoms with Crippen molar-refractivity contribution in [3.05, 3.63) is 71.7 Å². The molecule has 0 radical (unpaired) electrons. The number of aliphatic hydroxyl groups excluding tert-OH is 1. The molecule has 0 bridgehead atoms. The first-order valence-corrected chi connectivity index (χ1v) is 7.99. The molecule has 1 heterocycles. The molecule has 27 heavy (non-hydrogen) atoms. The molecule has 0 atom stereocenters. The van der Waals surface area contributed by atoms with Crippen molar-refractivity contribution in [3.63, 3.8) is 0 Å². The van der Waals surface area contributed by atoms with E-state index in [1.165, 1.54) is 19.2 Å². The monoisotopic (exact) mass is 369 g/mol. The Morgan fingerprint density at radius 2 is 1.93 bits per heavy atom. The molecule has 0 spiro atoms. The number of carboxylic acids is 1. The van der Waals surface area contributed by atoms with Gasteiger partial charge in [0.05, 0.1) is 18.0 Å². The van der Waals surface area contributed by atoms with E-state index in [0.717, 1.165) is 0 Å². The fourth-order valence-corrected chi connectivity index (χ4v) is 2.91. The van der Waals surface area contributed by atoms with E-state index in [0.29, 0.717) is 34.8 Å². The minimum Gasteiger partial charge on any atom is -0.507 e. The SMILES string of the molecule is COc1cccc2c1c(C(O)=CC(=O)C(=O)O)cn2Cc1cccc(F)c1. The van der Waals surface area contributed by atoms with E-state index in [2.05, 4.69) is 0 Å². The number of aliphatic hydroxyl groups is 1. The molecule has 0 amide bonds. The Labute approximate surface area is 153 Å². The van der Waals surface area contributed by atoms with Crippen molar-refractivity contribution in [2.24, 2.45) is 0 Å². The zero-order valence-corrected chi connectivity index (χ0v) is 14.3. The normalized spacial score (nSPS) is 11.6. The first-order chi connectivity index (χ1) is 12.9. The van der Waals surface area contributed by atoms with Crippen LogP contribution in [0.1, 0.15) is 11.1 Å². The number of fused-ring (bicyclic) bond motifs is 1. The molecule has 3 rings (SSSR count). The smallest absolute Gasteiger partial charge is 0.376 e. The van der Waals surface area contributed by atoms with Crippen LogP contribution in [0, 0.1) is 5.82 Å². The largest absolute Gasteiger partial charge is 0.507 e. The Hall–Kier alpha value is -3.61. The van der Waals surface area contributed by atoms with Crippen molar-refractivity contribution in [2.45, 2.75) is 6.54 Å². The average molecular weight is 369 g/mol. The summed E-state index contributed by atoms with van der Waals surface area (Å²) >= 11 is 0. The minimum absolute atomic E-state index is 0.244. The van der Waals surface area contributed by atoms with Crippen molar-refractivity contribution in [1.82, 2.24) is 4.57 Å². The van der Waals surface area contributed by atoms with E-state index in [-0.39, 0.29) is 11.4 Å². The van der Waals surface area contributed by atoms with Crippen molar-refractivity contribution >= 4 is 28.4 Å². The van der Waals surface area contributed by atoms with Crippen LogP contribution in [0.25, 0.3) is 16.7 Å². The van der Waals surface area contributed by atoms with Crippen molar-refractivity contribution < 1.29 is 28.9 Å². The summed E-state index contributed by atoms with van der Waals surface area (Å²) < 4.78 is 20.6. The number of carboxylic acid groups (broad SMARTS) is 1. The molecule has 138 valence electrons. The molecule has 2 N–H and O–H groups in total. The number of nitrogens with zero attached hydrogens (tertiary/aromatic N) is 1. The van der Waals surface area contributed by atoms with Gasteiger partial charge in [-0.2, -0.15) is 0 Å². The second kappa shape index (κ2) is 7.33. The third-order valence-electron chi connectivity index (χ3n) is 4.08. The number of hydrogen-bond acceptors (Lipinski definition) is 4. The first-order valence-electron chi connectivity index (χ1n) is 7.99. The summed E-state index contributed by atoms with van der Waals surface area (Å²) in [6, 6.07) is 11.3. The van der Waals surface area contributed by atoms with E-state index >= 15 is 0 Å². The zero-order chi connectivity index (χ0) is 19.6. The minimum atomic E-state index is -1.67. The standard InChI is InChI=1S/C20H16FNO5/c1-27-18-7-3-6-15-19(18)14(16(23)9-17(24)20(25)26)11-22(15)10-12-4-2-5-13(21)8-12/h2-9,11,23H,10H2,1H3,(H,25,26). The maximum absolute atomic E-state index is 13.5. The molecule has 0 aliphatic heterocycles. The van der Waals surface area contributed by atoms with Crippen LogP contribution in [0.15, 0.2) is 54.7 Å². The number of ether oxygens (including phenoxy) is 1. The highest BCUT2D eigenvalue weighted by atomic mass is 19.1. The van der Waals surface area contributed by atoms with Crippen LogP contribution in [0.2, 0.25) is 0 Å². The number of rotatable bonds is 6. The summed E-state index contributed by atoms with van der Waals surface area (Å²) in [6.45, 7) is 0.307. The van der Waals surface area contributed by atoms with Gasteiger partial charge in [-0.1, -0.05) is 18.2 Å². The molecule has 0 unspecified atom stereocenters. The topological polar surface area (TPSA) is 88.8 Å². The maximum atomic E-state index is 13.5. The van der Waals surface area contributed by atoms with E-state index in [9.17, 15) is 19.1 Å². The summed E-state index contributed by atoms with van der Waals surface area (Å²) in [5.74, 6) is -3.32. The third kappa shape index (κ3) is 3.67.